The van der Waals surface area contributed by atoms with Gasteiger partial charge in [-0.2, -0.15) is 4.31 Å². The van der Waals surface area contributed by atoms with Gasteiger partial charge >= 0.3 is 0 Å². The summed E-state index contributed by atoms with van der Waals surface area (Å²) in [6.45, 7) is 7.11. The van der Waals surface area contributed by atoms with Crippen LogP contribution in [-0.2, 0) is 19.6 Å². The van der Waals surface area contributed by atoms with Crippen LogP contribution >= 0.6 is 0 Å². The first-order valence-electron chi connectivity index (χ1n) is 9.14. The summed E-state index contributed by atoms with van der Waals surface area (Å²) < 4.78 is 31.8. The summed E-state index contributed by atoms with van der Waals surface area (Å²) in [7, 11) is -3.48. The van der Waals surface area contributed by atoms with E-state index in [1.165, 1.54) is 4.31 Å². The van der Waals surface area contributed by atoms with Crippen LogP contribution in [0.25, 0.3) is 6.08 Å². The molecule has 0 unspecified atom stereocenters. The minimum Gasteiger partial charge on any atom is -0.379 e. The summed E-state index contributed by atoms with van der Waals surface area (Å²) in [5, 5.41) is 0. The van der Waals surface area contributed by atoms with Crippen LogP contribution in [0.3, 0.4) is 0 Å². The third-order valence-corrected chi connectivity index (χ3v) is 6.29. The van der Waals surface area contributed by atoms with Crippen molar-refractivity contribution in [3.63, 3.8) is 0 Å². The predicted octanol–water partition coefficient (Wildman–Crippen LogP) is 2.37. The minimum absolute atomic E-state index is 0.0223. The number of nitrogens with zero attached hydrogens (tertiary/aromatic N) is 2. The number of unbranched alkanes of at least 4 members (excludes halogenated alkanes) is 1. The van der Waals surface area contributed by atoms with Gasteiger partial charge in [-0.05, 0) is 37.1 Å². The third kappa shape index (κ3) is 5.40. The molecule has 1 aromatic rings. The van der Waals surface area contributed by atoms with Crippen molar-refractivity contribution < 1.29 is 17.9 Å². The Labute approximate surface area is 156 Å². The first kappa shape index (κ1) is 20.6. The highest BCUT2D eigenvalue weighted by Crippen LogP contribution is 2.18. The molecule has 0 N–H and O–H groups in total. The molecule has 0 aliphatic carbocycles. The molecule has 0 atom stereocenters. The van der Waals surface area contributed by atoms with Gasteiger partial charge in [0.05, 0.1) is 18.1 Å². The summed E-state index contributed by atoms with van der Waals surface area (Å²) in [4.78, 5) is 14.3. The highest BCUT2D eigenvalue weighted by Gasteiger charge is 2.25. The van der Waals surface area contributed by atoms with Gasteiger partial charge in [0.1, 0.15) is 0 Å². The number of carbonyl (C=O) groups is 1. The Morgan fingerprint density at radius 3 is 2.42 bits per heavy atom. The fraction of sp³-hybridized carbons (Fsp3) is 0.526. The molecule has 2 rings (SSSR count). The lowest BCUT2D eigenvalue weighted by atomic mass is 10.2. The van der Waals surface area contributed by atoms with E-state index in [-0.39, 0.29) is 10.8 Å². The lowest BCUT2D eigenvalue weighted by Crippen LogP contribution is -2.40. The van der Waals surface area contributed by atoms with Gasteiger partial charge < -0.3 is 9.64 Å². The van der Waals surface area contributed by atoms with Crippen LogP contribution in [0, 0.1) is 0 Å². The van der Waals surface area contributed by atoms with E-state index in [0.717, 1.165) is 24.9 Å². The average molecular weight is 381 g/mol. The number of morpholine rings is 1. The minimum atomic E-state index is -3.48. The molecule has 144 valence electrons. The van der Waals surface area contributed by atoms with E-state index < -0.39 is 10.0 Å². The van der Waals surface area contributed by atoms with Gasteiger partial charge in [0.25, 0.3) is 0 Å². The zero-order valence-corrected chi connectivity index (χ0v) is 16.4. The Hall–Kier alpha value is -1.70. The molecule has 0 aromatic heterocycles. The van der Waals surface area contributed by atoms with E-state index in [0.29, 0.717) is 32.8 Å². The largest absolute Gasteiger partial charge is 0.379 e. The predicted molar refractivity (Wildman–Crippen MR) is 102 cm³/mol. The zero-order chi connectivity index (χ0) is 19.0. The van der Waals surface area contributed by atoms with Crippen molar-refractivity contribution in [2.45, 2.75) is 31.6 Å². The molecule has 1 aliphatic rings. The number of benzene rings is 1. The Kier molecular flexibility index (Phi) is 7.81. The molecule has 0 radical (unpaired) electrons. The topological polar surface area (TPSA) is 66.9 Å². The van der Waals surface area contributed by atoms with Crippen molar-refractivity contribution in [2.75, 3.05) is 39.4 Å². The van der Waals surface area contributed by atoms with Crippen molar-refractivity contribution in [3.05, 3.63) is 35.9 Å². The van der Waals surface area contributed by atoms with Crippen molar-refractivity contribution in [2.24, 2.45) is 0 Å². The maximum absolute atomic E-state index is 12.6. The highest BCUT2D eigenvalue weighted by atomic mass is 32.2. The molecule has 1 heterocycles. The SMILES string of the molecule is CCCCN(CC)C(=O)/C=C/c1ccc(S(=O)(=O)N2CCOCC2)cc1. The van der Waals surface area contributed by atoms with E-state index in [9.17, 15) is 13.2 Å². The summed E-state index contributed by atoms with van der Waals surface area (Å²) in [6, 6.07) is 6.62. The molecule has 7 heteroatoms. The lowest BCUT2D eigenvalue weighted by molar-refractivity contribution is -0.125. The summed E-state index contributed by atoms with van der Waals surface area (Å²) in [5.41, 5.74) is 0.797. The molecule has 6 nitrogen and oxygen atoms in total. The van der Waals surface area contributed by atoms with Crippen molar-refractivity contribution in [3.8, 4) is 0 Å². The van der Waals surface area contributed by atoms with Gasteiger partial charge in [-0.15, -0.1) is 0 Å². The highest BCUT2D eigenvalue weighted by molar-refractivity contribution is 7.89. The van der Waals surface area contributed by atoms with Crippen molar-refractivity contribution in [1.29, 1.82) is 0 Å². The number of likely N-dealkylation sites (N-methyl/N-ethyl adjacent to an activating group) is 1. The van der Waals surface area contributed by atoms with Crippen LogP contribution in [0.1, 0.15) is 32.3 Å². The van der Waals surface area contributed by atoms with Crippen LogP contribution in [0.15, 0.2) is 35.2 Å². The van der Waals surface area contributed by atoms with Gasteiger partial charge in [0.2, 0.25) is 15.9 Å². The maximum atomic E-state index is 12.6. The zero-order valence-electron chi connectivity index (χ0n) is 15.6. The van der Waals surface area contributed by atoms with Gasteiger partial charge in [-0.3, -0.25) is 4.79 Å². The number of carbonyl (C=O) groups excluding carboxylic acids is 1. The standard InChI is InChI=1S/C19H28N2O4S/c1-3-5-12-20(4-2)19(22)11-8-17-6-9-18(10-7-17)26(23,24)21-13-15-25-16-14-21/h6-11H,3-5,12-16H2,1-2H3/b11-8+. The van der Waals surface area contributed by atoms with Crippen LogP contribution in [0.5, 0.6) is 0 Å². The number of rotatable bonds is 8. The molecule has 1 saturated heterocycles. The Morgan fingerprint density at radius 1 is 1.19 bits per heavy atom. The van der Waals surface area contributed by atoms with E-state index in [1.807, 2.05) is 6.92 Å². The van der Waals surface area contributed by atoms with Gasteiger partial charge in [-0.25, -0.2) is 8.42 Å². The van der Waals surface area contributed by atoms with Crippen LogP contribution < -0.4 is 0 Å². The number of hydrogen-bond donors (Lipinski definition) is 0. The Balaban J connectivity index is 2.03. The van der Waals surface area contributed by atoms with Gasteiger partial charge in [0.15, 0.2) is 0 Å². The maximum Gasteiger partial charge on any atom is 0.246 e. The van der Waals surface area contributed by atoms with Crippen molar-refractivity contribution in [1.82, 2.24) is 9.21 Å². The lowest BCUT2D eigenvalue weighted by Gasteiger charge is -2.26. The summed E-state index contributed by atoms with van der Waals surface area (Å²) in [6.07, 6.45) is 5.31. The molecular formula is C19H28N2O4S. The smallest absolute Gasteiger partial charge is 0.246 e. The Morgan fingerprint density at radius 2 is 1.85 bits per heavy atom. The monoisotopic (exact) mass is 380 g/mol. The van der Waals surface area contributed by atoms with E-state index >= 15 is 0 Å². The molecule has 0 spiro atoms. The van der Waals surface area contributed by atoms with Gasteiger partial charge in [0, 0.05) is 32.3 Å². The van der Waals surface area contributed by atoms with E-state index in [2.05, 4.69) is 6.92 Å². The van der Waals surface area contributed by atoms with E-state index in [4.69, 9.17) is 4.74 Å². The van der Waals surface area contributed by atoms with Crippen LogP contribution in [0.2, 0.25) is 0 Å². The normalized spacial score (nSPS) is 16.1. The third-order valence-electron chi connectivity index (χ3n) is 4.38. The van der Waals surface area contributed by atoms with E-state index in [1.54, 1.807) is 41.3 Å². The molecule has 1 aliphatic heterocycles. The van der Waals surface area contributed by atoms with Crippen LogP contribution in [0.4, 0.5) is 0 Å². The van der Waals surface area contributed by atoms with Crippen LogP contribution in [-0.4, -0.2) is 62.9 Å². The molecule has 0 saturated carbocycles. The second-order valence-corrected chi connectivity index (χ2v) is 8.13. The summed E-state index contributed by atoms with van der Waals surface area (Å²) >= 11 is 0. The first-order valence-corrected chi connectivity index (χ1v) is 10.6. The molecule has 1 amide bonds. The number of sulfonamides is 1. The first-order chi connectivity index (χ1) is 12.5. The molecule has 1 aromatic carbocycles. The molecular weight excluding hydrogens is 352 g/mol. The number of ether oxygens (including phenoxy) is 1. The second-order valence-electron chi connectivity index (χ2n) is 6.19. The molecule has 0 bridgehead atoms. The van der Waals surface area contributed by atoms with Gasteiger partial charge in [-0.1, -0.05) is 25.5 Å². The van der Waals surface area contributed by atoms with Crippen molar-refractivity contribution >= 4 is 22.0 Å². The number of amides is 1. The quantitative estimate of drug-likeness (QED) is 0.650. The number of hydrogen-bond acceptors (Lipinski definition) is 4. The Bertz CT molecular complexity index is 708. The molecule has 26 heavy (non-hydrogen) atoms. The fourth-order valence-electron chi connectivity index (χ4n) is 2.73. The fourth-order valence-corrected chi connectivity index (χ4v) is 4.14. The second kappa shape index (κ2) is 9.85. The average Bonchev–Trinajstić information content (AvgIpc) is 2.68. The molecule has 1 fully saturated rings. The summed E-state index contributed by atoms with van der Waals surface area (Å²) in [5.74, 6) is -0.0223.